The van der Waals surface area contributed by atoms with Crippen LogP contribution >= 0.6 is 11.8 Å². The average molecular weight is 441 g/mol. The van der Waals surface area contributed by atoms with Crippen LogP contribution in [0.2, 0.25) is 0 Å². The van der Waals surface area contributed by atoms with Crippen LogP contribution in [0.3, 0.4) is 0 Å². The summed E-state index contributed by atoms with van der Waals surface area (Å²) in [6.07, 6.45) is 1.99. The van der Waals surface area contributed by atoms with E-state index in [0.29, 0.717) is 28.0 Å². The molecule has 5 rings (SSSR count). The highest BCUT2D eigenvalue weighted by molar-refractivity contribution is 7.98. The molecule has 0 saturated carbocycles. The van der Waals surface area contributed by atoms with Crippen molar-refractivity contribution in [3.05, 3.63) is 88.2 Å². The molecule has 0 N–H and O–H groups in total. The zero-order valence-corrected chi connectivity index (χ0v) is 18.7. The maximum absolute atomic E-state index is 13.2. The van der Waals surface area contributed by atoms with Crippen molar-refractivity contribution in [1.29, 1.82) is 0 Å². The van der Waals surface area contributed by atoms with E-state index in [2.05, 4.69) is 22.2 Å². The Bertz CT molecular complexity index is 1520. The van der Waals surface area contributed by atoms with E-state index in [-0.39, 0.29) is 11.4 Å². The van der Waals surface area contributed by atoms with Gasteiger partial charge < -0.3 is 4.52 Å². The molecule has 0 bridgehead atoms. The number of nitrogens with zero attached hydrogens (tertiary/aromatic N) is 4. The van der Waals surface area contributed by atoms with E-state index in [4.69, 9.17) is 4.52 Å². The van der Waals surface area contributed by atoms with Gasteiger partial charge in [0.25, 0.3) is 11.4 Å². The van der Waals surface area contributed by atoms with Gasteiger partial charge in [-0.2, -0.15) is 14.8 Å². The smallest absolute Gasteiger partial charge is 0.279 e. The van der Waals surface area contributed by atoms with Gasteiger partial charge in [-0.15, -0.1) is 11.8 Å². The number of hydrogen-bond acceptors (Lipinski definition) is 6. The molecule has 0 saturated heterocycles. The second-order valence-corrected chi connectivity index (χ2v) is 8.41. The van der Waals surface area contributed by atoms with E-state index < -0.39 is 0 Å². The predicted molar refractivity (Wildman–Crippen MR) is 127 cm³/mol. The molecule has 7 heteroatoms. The molecule has 32 heavy (non-hydrogen) atoms. The van der Waals surface area contributed by atoms with Crippen LogP contribution in [0.15, 0.2) is 80.9 Å². The third-order valence-corrected chi connectivity index (χ3v) is 6.22. The number of rotatable bonds is 4. The van der Waals surface area contributed by atoms with Gasteiger partial charge in [-0.1, -0.05) is 41.6 Å². The van der Waals surface area contributed by atoms with Gasteiger partial charge in [-0.25, -0.2) is 0 Å². The van der Waals surface area contributed by atoms with Crippen LogP contribution in [0.5, 0.6) is 0 Å². The van der Waals surface area contributed by atoms with Crippen molar-refractivity contribution in [2.75, 3.05) is 6.26 Å². The van der Waals surface area contributed by atoms with Crippen molar-refractivity contribution in [1.82, 2.24) is 19.9 Å². The molecular formula is C25H20N4O2S. The minimum Gasteiger partial charge on any atom is -0.332 e. The minimum absolute atomic E-state index is 0.198. The quantitative estimate of drug-likeness (QED) is 0.346. The molecule has 0 unspecified atom stereocenters. The highest BCUT2D eigenvalue weighted by Gasteiger charge is 2.19. The van der Waals surface area contributed by atoms with Crippen molar-refractivity contribution in [2.24, 2.45) is 0 Å². The first kappa shape index (κ1) is 20.2. The van der Waals surface area contributed by atoms with Gasteiger partial charge >= 0.3 is 0 Å². The Morgan fingerprint density at radius 3 is 2.50 bits per heavy atom. The largest absolute Gasteiger partial charge is 0.332 e. The Kier molecular flexibility index (Phi) is 5.11. The van der Waals surface area contributed by atoms with Gasteiger partial charge in [0.2, 0.25) is 5.82 Å². The normalized spacial score (nSPS) is 11.2. The predicted octanol–water partition coefficient (Wildman–Crippen LogP) is 5.44. The van der Waals surface area contributed by atoms with Gasteiger partial charge in [0.1, 0.15) is 0 Å². The molecule has 0 atom stereocenters. The zero-order chi connectivity index (χ0) is 22.2. The minimum atomic E-state index is -0.198. The summed E-state index contributed by atoms with van der Waals surface area (Å²) in [7, 11) is 0. The average Bonchev–Trinajstić information content (AvgIpc) is 3.31. The van der Waals surface area contributed by atoms with Crippen molar-refractivity contribution < 1.29 is 4.52 Å². The first-order chi connectivity index (χ1) is 15.5. The molecule has 0 spiro atoms. The maximum Gasteiger partial charge on any atom is 0.279 e. The molecule has 6 nitrogen and oxygen atoms in total. The summed E-state index contributed by atoms with van der Waals surface area (Å²) in [5.41, 5.74) is 4.18. The van der Waals surface area contributed by atoms with Crippen LogP contribution in [-0.2, 0) is 0 Å². The van der Waals surface area contributed by atoms with Gasteiger partial charge in [-0.3, -0.25) is 4.79 Å². The summed E-state index contributed by atoms with van der Waals surface area (Å²) in [4.78, 5) is 18.9. The Hall–Kier alpha value is -3.71. The molecule has 0 fully saturated rings. The lowest BCUT2D eigenvalue weighted by Gasteiger charge is -2.10. The van der Waals surface area contributed by atoms with E-state index in [0.717, 1.165) is 16.0 Å². The zero-order valence-electron chi connectivity index (χ0n) is 17.9. The monoisotopic (exact) mass is 440 g/mol. The van der Waals surface area contributed by atoms with E-state index >= 15 is 0 Å². The molecule has 0 aliphatic heterocycles. The first-order valence-corrected chi connectivity index (χ1v) is 11.4. The Balaban J connectivity index is 1.71. The van der Waals surface area contributed by atoms with E-state index in [9.17, 15) is 4.79 Å². The molecule has 158 valence electrons. The summed E-state index contributed by atoms with van der Waals surface area (Å²) >= 11 is 1.61. The number of thioether (sulfide) groups is 1. The summed E-state index contributed by atoms with van der Waals surface area (Å²) in [6, 6.07) is 21.1. The van der Waals surface area contributed by atoms with Gasteiger partial charge in [0.05, 0.1) is 11.1 Å². The van der Waals surface area contributed by atoms with E-state index in [1.54, 1.807) is 17.8 Å². The fourth-order valence-corrected chi connectivity index (χ4v) is 4.04. The van der Waals surface area contributed by atoms with Gasteiger partial charge in [-0.05, 0) is 61.6 Å². The maximum atomic E-state index is 13.2. The Morgan fingerprint density at radius 1 is 0.906 bits per heavy atom. The topological polar surface area (TPSA) is 73.8 Å². The fourth-order valence-electron chi connectivity index (χ4n) is 3.58. The van der Waals surface area contributed by atoms with Gasteiger partial charge in [0, 0.05) is 15.8 Å². The second kappa shape index (κ2) is 8.09. The number of benzene rings is 3. The summed E-state index contributed by atoms with van der Waals surface area (Å²) < 4.78 is 7.02. The first-order valence-electron chi connectivity index (χ1n) is 10.1. The molecule has 2 heterocycles. The highest BCUT2D eigenvalue weighted by Crippen LogP contribution is 2.27. The summed E-state index contributed by atoms with van der Waals surface area (Å²) in [6.45, 7) is 4.11. The highest BCUT2D eigenvalue weighted by atomic mass is 32.2. The number of fused-ring (bicyclic) bond motifs is 1. The van der Waals surface area contributed by atoms with Crippen molar-refractivity contribution in [3.63, 3.8) is 0 Å². The molecule has 0 aliphatic rings. The van der Waals surface area contributed by atoms with E-state index in [1.807, 2.05) is 73.8 Å². The van der Waals surface area contributed by atoms with Crippen LogP contribution in [0.1, 0.15) is 11.1 Å². The van der Waals surface area contributed by atoms with E-state index in [1.165, 1.54) is 10.2 Å². The van der Waals surface area contributed by atoms with Crippen LogP contribution in [-0.4, -0.2) is 26.2 Å². The third-order valence-electron chi connectivity index (χ3n) is 5.50. The fraction of sp³-hybridized carbons (Fsp3) is 0.120. The van der Waals surface area contributed by atoms with Crippen LogP contribution in [0.4, 0.5) is 0 Å². The molecule has 5 aromatic rings. The van der Waals surface area contributed by atoms with Crippen LogP contribution in [0.25, 0.3) is 39.4 Å². The van der Waals surface area contributed by atoms with Crippen LogP contribution in [0, 0.1) is 13.8 Å². The van der Waals surface area contributed by atoms with Crippen LogP contribution < -0.4 is 5.56 Å². The number of aryl methyl sites for hydroxylation is 2. The van der Waals surface area contributed by atoms with Gasteiger partial charge in [0.15, 0.2) is 5.69 Å². The molecule has 0 aliphatic carbocycles. The lowest BCUT2D eigenvalue weighted by molar-refractivity contribution is 0.430. The summed E-state index contributed by atoms with van der Waals surface area (Å²) in [5.74, 6) is 0.750. The molecule has 0 amide bonds. The van der Waals surface area contributed by atoms with Crippen molar-refractivity contribution >= 4 is 22.5 Å². The lowest BCUT2D eigenvalue weighted by Crippen LogP contribution is -2.22. The molecule has 0 radical (unpaired) electrons. The summed E-state index contributed by atoms with van der Waals surface area (Å²) in [5, 5.41) is 10.0. The van der Waals surface area contributed by atoms with Crippen molar-refractivity contribution in [3.8, 4) is 28.7 Å². The molecular weight excluding hydrogens is 420 g/mol. The van der Waals surface area contributed by atoms with Crippen molar-refractivity contribution in [2.45, 2.75) is 18.7 Å². The Labute approximate surface area is 188 Å². The number of hydrogen-bond donors (Lipinski definition) is 0. The Morgan fingerprint density at radius 2 is 1.72 bits per heavy atom. The lowest BCUT2D eigenvalue weighted by atomic mass is 10.1. The number of aromatic nitrogens is 4. The standard InChI is InChI=1S/C25H20N4O2S/c1-15-11-12-17(13-16(15)2)23-26-24(31-28-23)22-20-9-4-5-10-21(20)25(30)29(27-22)18-7-6-8-19(14-18)32-3/h4-14H,1-3H3. The third kappa shape index (κ3) is 3.50. The second-order valence-electron chi connectivity index (χ2n) is 7.53. The molecule has 2 aromatic heterocycles. The SMILES string of the molecule is CSc1cccc(-n2nc(-c3nc(-c4ccc(C)c(C)c4)no3)c3ccccc3c2=O)c1. The molecule has 3 aromatic carbocycles.